The van der Waals surface area contributed by atoms with Gasteiger partial charge in [0.25, 0.3) is 0 Å². The van der Waals surface area contributed by atoms with E-state index >= 15 is 0 Å². The molecule has 0 aliphatic carbocycles. The Hall–Kier alpha value is -2.22. The van der Waals surface area contributed by atoms with Crippen molar-refractivity contribution in [2.75, 3.05) is 12.9 Å². The van der Waals surface area contributed by atoms with Gasteiger partial charge in [0.05, 0.1) is 18.9 Å². The van der Waals surface area contributed by atoms with E-state index in [-0.39, 0.29) is 13.0 Å². The van der Waals surface area contributed by atoms with Crippen LogP contribution in [0, 0.1) is 0 Å². The molecule has 0 aromatic heterocycles. The number of nitrogens with one attached hydrogen (secondary N) is 2. The summed E-state index contributed by atoms with van der Waals surface area (Å²) >= 11 is 0. The molecule has 2 atom stereocenters. The van der Waals surface area contributed by atoms with Crippen LogP contribution in [0.4, 0.5) is 0 Å². The molecule has 2 aromatic carbocycles. The molecule has 0 fully saturated rings. The third-order valence-corrected chi connectivity index (χ3v) is 4.56. The average molecular weight is 376 g/mol. The molecule has 0 saturated carbocycles. The third-order valence-electron chi connectivity index (χ3n) is 3.85. The summed E-state index contributed by atoms with van der Waals surface area (Å²) in [5.74, 6) is -0.464. The molecule has 7 heteroatoms. The van der Waals surface area contributed by atoms with Crippen LogP contribution in [0.5, 0.6) is 0 Å². The minimum atomic E-state index is -3.56. The molecule has 3 N–H and O–H groups in total. The van der Waals surface area contributed by atoms with Crippen LogP contribution in [0.1, 0.15) is 11.1 Å². The molecule has 0 aliphatic heterocycles. The number of aliphatic hydroxyl groups excluding tert-OH is 1. The fourth-order valence-corrected chi connectivity index (χ4v) is 3.36. The van der Waals surface area contributed by atoms with Gasteiger partial charge in [-0.3, -0.25) is 4.79 Å². The molecule has 1 amide bonds. The maximum atomic E-state index is 12.6. The van der Waals surface area contributed by atoms with Crippen molar-refractivity contribution in [1.29, 1.82) is 0 Å². The van der Waals surface area contributed by atoms with Crippen LogP contribution >= 0.6 is 0 Å². The van der Waals surface area contributed by atoms with Crippen LogP contribution in [0.25, 0.3) is 0 Å². The number of hydrogen-bond donors (Lipinski definition) is 3. The lowest BCUT2D eigenvalue weighted by Crippen LogP contribution is -2.51. The van der Waals surface area contributed by atoms with E-state index in [1.165, 1.54) is 0 Å². The fourth-order valence-electron chi connectivity index (χ4n) is 2.66. The SMILES string of the molecule is CS(=O)(=O)N[C@H](Cc1ccccc1)C(=O)N[C@H](CO)Cc1ccccc1. The molecule has 0 heterocycles. The van der Waals surface area contributed by atoms with E-state index in [9.17, 15) is 18.3 Å². The van der Waals surface area contributed by atoms with Crippen LogP contribution in [0.15, 0.2) is 60.7 Å². The predicted octanol–water partition coefficient (Wildman–Crippen LogP) is 0.867. The van der Waals surface area contributed by atoms with E-state index in [0.717, 1.165) is 17.4 Å². The van der Waals surface area contributed by atoms with Gasteiger partial charge in [-0.05, 0) is 24.0 Å². The highest BCUT2D eigenvalue weighted by atomic mass is 32.2. The summed E-state index contributed by atoms with van der Waals surface area (Å²) < 4.78 is 25.7. The molecule has 6 nitrogen and oxygen atoms in total. The van der Waals surface area contributed by atoms with E-state index in [2.05, 4.69) is 10.0 Å². The monoisotopic (exact) mass is 376 g/mol. The molecule has 140 valence electrons. The Bertz CT molecular complexity index is 795. The maximum Gasteiger partial charge on any atom is 0.238 e. The van der Waals surface area contributed by atoms with Gasteiger partial charge in [0.15, 0.2) is 0 Å². The first-order valence-corrected chi connectivity index (χ1v) is 10.2. The smallest absolute Gasteiger partial charge is 0.238 e. The molecule has 0 unspecified atom stereocenters. The maximum absolute atomic E-state index is 12.6. The Morgan fingerprint density at radius 2 is 1.46 bits per heavy atom. The molecular formula is C19H24N2O4S. The van der Waals surface area contributed by atoms with Crippen LogP contribution in [-0.2, 0) is 27.7 Å². The Balaban J connectivity index is 2.08. The number of carbonyl (C=O) groups excluding carboxylic acids is 1. The summed E-state index contributed by atoms with van der Waals surface area (Å²) in [6, 6.07) is 17.2. The summed E-state index contributed by atoms with van der Waals surface area (Å²) in [5.41, 5.74) is 1.81. The van der Waals surface area contributed by atoms with Crippen LogP contribution in [-0.4, -0.2) is 44.4 Å². The lowest BCUT2D eigenvalue weighted by Gasteiger charge is -2.22. The Labute approximate surface area is 154 Å². The van der Waals surface area contributed by atoms with Crippen LogP contribution in [0.3, 0.4) is 0 Å². The van der Waals surface area contributed by atoms with Gasteiger partial charge >= 0.3 is 0 Å². The van der Waals surface area contributed by atoms with E-state index in [4.69, 9.17) is 0 Å². The second-order valence-corrected chi connectivity index (χ2v) is 7.99. The minimum absolute atomic E-state index is 0.225. The van der Waals surface area contributed by atoms with E-state index in [1.807, 2.05) is 60.7 Å². The number of benzene rings is 2. The zero-order valence-electron chi connectivity index (χ0n) is 14.6. The Morgan fingerprint density at radius 1 is 0.962 bits per heavy atom. The van der Waals surface area contributed by atoms with E-state index < -0.39 is 28.0 Å². The summed E-state index contributed by atoms with van der Waals surface area (Å²) in [5, 5.41) is 12.3. The second-order valence-electron chi connectivity index (χ2n) is 6.21. The highest BCUT2D eigenvalue weighted by Crippen LogP contribution is 2.07. The third kappa shape index (κ3) is 6.95. The van der Waals surface area contributed by atoms with Gasteiger partial charge in [0.1, 0.15) is 6.04 Å². The normalized spacial score (nSPS) is 13.8. The summed E-state index contributed by atoms with van der Waals surface area (Å²) in [7, 11) is -3.56. The Morgan fingerprint density at radius 3 is 1.92 bits per heavy atom. The van der Waals surface area contributed by atoms with Crippen molar-refractivity contribution in [3.05, 3.63) is 71.8 Å². The second kappa shape index (κ2) is 9.47. The van der Waals surface area contributed by atoms with Crippen molar-refractivity contribution in [2.45, 2.75) is 24.9 Å². The van der Waals surface area contributed by atoms with Gasteiger partial charge in [-0.15, -0.1) is 0 Å². The fraction of sp³-hybridized carbons (Fsp3) is 0.316. The quantitative estimate of drug-likeness (QED) is 0.605. The average Bonchev–Trinajstić information content (AvgIpc) is 2.61. The number of hydrogen-bond acceptors (Lipinski definition) is 4. The number of carbonyl (C=O) groups is 1. The first-order chi connectivity index (χ1) is 12.4. The lowest BCUT2D eigenvalue weighted by atomic mass is 10.0. The van der Waals surface area contributed by atoms with Crippen molar-refractivity contribution < 1.29 is 18.3 Å². The van der Waals surface area contributed by atoms with Crippen molar-refractivity contribution in [1.82, 2.24) is 10.0 Å². The summed E-state index contributed by atoms with van der Waals surface area (Å²) in [6.07, 6.45) is 1.70. The van der Waals surface area contributed by atoms with Crippen molar-refractivity contribution in [2.24, 2.45) is 0 Å². The number of rotatable bonds is 9. The lowest BCUT2D eigenvalue weighted by molar-refractivity contribution is -0.123. The zero-order chi connectivity index (χ0) is 19.0. The molecule has 2 aromatic rings. The van der Waals surface area contributed by atoms with Crippen LogP contribution < -0.4 is 10.0 Å². The summed E-state index contributed by atoms with van der Waals surface area (Å²) in [6.45, 7) is -0.239. The molecule has 2 rings (SSSR count). The number of sulfonamides is 1. The predicted molar refractivity (Wildman–Crippen MR) is 101 cm³/mol. The topological polar surface area (TPSA) is 95.5 Å². The number of amides is 1. The zero-order valence-corrected chi connectivity index (χ0v) is 15.4. The van der Waals surface area contributed by atoms with Gasteiger partial charge in [-0.2, -0.15) is 0 Å². The molecule has 0 bridgehead atoms. The number of aliphatic hydroxyl groups is 1. The largest absolute Gasteiger partial charge is 0.394 e. The molecule has 0 saturated heterocycles. The van der Waals surface area contributed by atoms with Crippen molar-refractivity contribution in [3.8, 4) is 0 Å². The summed E-state index contributed by atoms with van der Waals surface area (Å²) in [4.78, 5) is 12.6. The van der Waals surface area contributed by atoms with Gasteiger partial charge in [0.2, 0.25) is 15.9 Å². The minimum Gasteiger partial charge on any atom is -0.394 e. The molecule has 0 spiro atoms. The molecule has 0 aliphatic rings. The molecule has 26 heavy (non-hydrogen) atoms. The first-order valence-electron chi connectivity index (χ1n) is 8.34. The van der Waals surface area contributed by atoms with Gasteiger partial charge in [0, 0.05) is 0 Å². The van der Waals surface area contributed by atoms with Gasteiger partial charge in [-0.1, -0.05) is 60.7 Å². The molecule has 0 radical (unpaired) electrons. The highest BCUT2D eigenvalue weighted by molar-refractivity contribution is 7.88. The van der Waals surface area contributed by atoms with Gasteiger partial charge in [-0.25, -0.2) is 13.1 Å². The van der Waals surface area contributed by atoms with E-state index in [1.54, 1.807) is 0 Å². The first kappa shape index (κ1) is 20.1. The van der Waals surface area contributed by atoms with Crippen molar-refractivity contribution >= 4 is 15.9 Å². The van der Waals surface area contributed by atoms with Gasteiger partial charge < -0.3 is 10.4 Å². The van der Waals surface area contributed by atoms with Crippen molar-refractivity contribution in [3.63, 3.8) is 0 Å². The Kier molecular flexibility index (Phi) is 7.32. The standard InChI is InChI=1S/C19H24N2O4S/c1-26(24,25)21-18(13-16-10-6-3-7-11-16)19(23)20-17(14-22)12-15-8-4-2-5-9-15/h2-11,17-18,21-22H,12-14H2,1H3,(H,20,23)/t17-,18+/m0/s1. The highest BCUT2D eigenvalue weighted by Gasteiger charge is 2.24. The molecular weight excluding hydrogens is 352 g/mol. The van der Waals surface area contributed by atoms with E-state index in [0.29, 0.717) is 6.42 Å². The van der Waals surface area contributed by atoms with Crippen LogP contribution in [0.2, 0.25) is 0 Å².